The molecule has 5 heteroatoms. The van der Waals surface area contributed by atoms with Crippen LogP contribution in [0.25, 0.3) is 0 Å². The lowest BCUT2D eigenvalue weighted by molar-refractivity contribution is 0.121. The Balaban J connectivity index is 1.66. The first-order valence-corrected chi connectivity index (χ1v) is 8.01. The Labute approximate surface area is 131 Å². The van der Waals surface area contributed by atoms with E-state index in [1.54, 1.807) is 7.11 Å². The zero-order valence-corrected chi connectivity index (χ0v) is 13.4. The maximum atomic E-state index is 5.74. The topological polar surface area (TPSA) is 41.7 Å². The molecule has 1 aromatic rings. The van der Waals surface area contributed by atoms with E-state index in [9.17, 15) is 0 Å². The van der Waals surface area contributed by atoms with Crippen molar-refractivity contribution in [2.75, 3.05) is 33.3 Å². The van der Waals surface area contributed by atoms with Gasteiger partial charge in [0.25, 0.3) is 0 Å². The van der Waals surface area contributed by atoms with Crippen molar-refractivity contribution in [1.29, 1.82) is 0 Å². The predicted octanol–water partition coefficient (Wildman–Crippen LogP) is 1.61. The number of piperazine rings is 1. The molecule has 0 bridgehead atoms. The van der Waals surface area contributed by atoms with Crippen LogP contribution in [0.5, 0.6) is 5.75 Å². The molecule has 1 saturated carbocycles. The highest BCUT2D eigenvalue weighted by Gasteiger charge is 2.31. The van der Waals surface area contributed by atoms with Crippen LogP contribution in [-0.4, -0.2) is 54.1 Å². The number of methoxy groups -OCH3 is 1. The molecular weight excluding hydrogens is 282 g/mol. The average Bonchev–Trinajstić information content (AvgIpc) is 3.32. The van der Waals surface area contributed by atoms with Crippen LogP contribution in [0.3, 0.4) is 0 Å². The molecule has 1 aliphatic carbocycles. The van der Waals surface area contributed by atoms with E-state index in [2.05, 4.69) is 15.9 Å². The van der Waals surface area contributed by atoms with Gasteiger partial charge in [-0.2, -0.15) is 0 Å². The van der Waals surface area contributed by atoms with Crippen LogP contribution in [0.4, 0.5) is 0 Å². The molecule has 2 fully saturated rings. The molecule has 0 unspecified atom stereocenters. The van der Waals surface area contributed by atoms with Crippen LogP contribution >= 0.6 is 12.2 Å². The minimum Gasteiger partial charge on any atom is -0.496 e. The summed E-state index contributed by atoms with van der Waals surface area (Å²) in [4.78, 5) is 5.55. The summed E-state index contributed by atoms with van der Waals surface area (Å²) in [6.07, 6.45) is 2.79. The summed E-state index contributed by atoms with van der Waals surface area (Å²) in [5, 5.41) is 0. The van der Waals surface area contributed by atoms with Gasteiger partial charge >= 0.3 is 0 Å². The van der Waals surface area contributed by atoms with Gasteiger partial charge in [0.05, 0.1) is 7.11 Å². The number of benzene rings is 1. The zero-order valence-electron chi connectivity index (χ0n) is 12.5. The van der Waals surface area contributed by atoms with Crippen LogP contribution in [0.1, 0.15) is 24.0 Å². The highest BCUT2D eigenvalue weighted by Crippen LogP contribution is 2.28. The standard InChI is InChI=1S/C16H23N3OS/c1-20-15-5-2-12(16(17)21)10-13(15)11-18-6-8-19(9-7-18)14-3-4-14/h2,5,10,14H,3-4,6-9,11H2,1H3,(H2,17,21). The summed E-state index contributed by atoms with van der Waals surface area (Å²) in [6, 6.07) is 6.83. The van der Waals surface area contributed by atoms with Crippen LogP contribution in [0.15, 0.2) is 18.2 Å². The van der Waals surface area contributed by atoms with E-state index in [-0.39, 0.29) is 0 Å². The first-order chi connectivity index (χ1) is 10.2. The summed E-state index contributed by atoms with van der Waals surface area (Å²) in [6.45, 7) is 5.51. The molecule has 1 aromatic carbocycles. The Hall–Kier alpha value is -1.17. The Bertz CT molecular complexity index is 522. The molecule has 3 rings (SSSR count). The van der Waals surface area contributed by atoms with Crippen molar-refractivity contribution in [3.8, 4) is 5.75 Å². The van der Waals surface area contributed by atoms with Crippen LogP contribution in [-0.2, 0) is 6.54 Å². The molecule has 4 nitrogen and oxygen atoms in total. The van der Waals surface area contributed by atoms with E-state index in [1.807, 2.05) is 12.1 Å². The van der Waals surface area contributed by atoms with Crippen molar-refractivity contribution in [2.24, 2.45) is 5.73 Å². The van der Waals surface area contributed by atoms with Crippen molar-refractivity contribution in [2.45, 2.75) is 25.4 Å². The molecule has 1 heterocycles. The van der Waals surface area contributed by atoms with E-state index in [4.69, 9.17) is 22.7 Å². The summed E-state index contributed by atoms with van der Waals surface area (Å²) in [7, 11) is 1.71. The first kappa shape index (κ1) is 14.8. The SMILES string of the molecule is COc1ccc(C(N)=S)cc1CN1CCN(C2CC2)CC1. The maximum Gasteiger partial charge on any atom is 0.123 e. The van der Waals surface area contributed by atoms with Gasteiger partial charge in [0, 0.05) is 49.9 Å². The lowest BCUT2D eigenvalue weighted by Crippen LogP contribution is -2.46. The smallest absolute Gasteiger partial charge is 0.123 e. The zero-order chi connectivity index (χ0) is 14.8. The van der Waals surface area contributed by atoms with Crippen molar-refractivity contribution in [3.63, 3.8) is 0 Å². The molecule has 0 aromatic heterocycles. The molecule has 21 heavy (non-hydrogen) atoms. The van der Waals surface area contributed by atoms with E-state index >= 15 is 0 Å². The Morgan fingerprint density at radius 3 is 2.57 bits per heavy atom. The van der Waals surface area contributed by atoms with Crippen LogP contribution in [0, 0.1) is 0 Å². The van der Waals surface area contributed by atoms with E-state index in [1.165, 1.54) is 31.5 Å². The Morgan fingerprint density at radius 1 is 1.29 bits per heavy atom. The monoisotopic (exact) mass is 305 g/mol. The molecule has 2 N–H and O–H groups in total. The predicted molar refractivity (Wildman–Crippen MR) is 88.8 cm³/mol. The minimum atomic E-state index is 0.442. The lowest BCUT2D eigenvalue weighted by Gasteiger charge is -2.35. The molecule has 1 aliphatic heterocycles. The number of nitrogens with zero attached hydrogens (tertiary/aromatic N) is 2. The van der Waals surface area contributed by atoms with Crippen molar-refractivity contribution in [1.82, 2.24) is 9.80 Å². The molecule has 114 valence electrons. The summed E-state index contributed by atoms with van der Waals surface area (Å²) >= 11 is 5.07. The molecule has 0 amide bonds. The van der Waals surface area contributed by atoms with Gasteiger partial charge in [-0.05, 0) is 31.0 Å². The highest BCUT2D eigenvalue weighted by molar-refractivity contribution is 7.80. The minimum absolute atomic E-state index is 0.442. The maximum absolute atomic E-state index is 5.74. The summed E-state index contributed by atoms with van der Waals surface area (Å²) in [5.74, 6) is 0.916. The second-order valence-corrected chi connectivity index (χ2v) is 6.37. The Kier molecular flexibility index (Phi) is 4.42. The fourth-order valence-electron chi connectivity index (χ4n) is 3.02. The number of rotatable bonds is 5. The van der Waals surface area contributed by atoms with Crippen molar-refractivity contribution >= 4 is 17.2 Å². The molecule has 0 atom stereocenters. The second-order valence-electron chi connectivity index (χ2n) is 5.93. The third kappa shape index (κ3) is 3.54. The largest absolute Gasteiger partial charge is 0.496 e. The molecule has 1 saturated heterocycles. The van der Waals surface area contributed by atoms with Gasteiger partial charge in [0.1, 0.15) is 10.7 Å². The number of ether oxygens (including phenoxy) is 1. The normalized spacial score (nSPS) is 20.4. The molecule has 2 aliphatic rings. The van der Waals surface area contributed by atoms with Crippen molar-refractivity contribution in [3.05, 3.63) is 29.3 Å². The fraction of sp³-hybridized carbons (Fsp3) is 0.562. The quantitative estimate of drug-likeness (QED) is 0.837. The van der Waals surface area contributed by atoms with Gasteiger partial charge in [0.15, 0.2) is 0 Å². The Morgan fingerprint density at radius 2 is 2.00 bits per heavy atom. The van der Waals surface area contributed by atoms with Gasteiger partial charge in [-0.25, -0.2) is 0 Å². The number of nitrogens with two attached hydrogens (primary N) is 1. The number of hydrogen-bond donors (Lipinski definition) is 1. The molecular formula is C16H23N3OS. The lowest BCUT2D eigenvalue weighted by atomic mass is 10.1. The third-order valence-electron chi connectivity index (χ3n) is 4.43. The number of thiocarbonyl (C=S) groups is 1. The third-order valence-corrected chi connectivity index (χ3v) is 4.66. The first-order valence-electron chi connectivity index (χ1n) is 7.60. The van der Waals surface area contributed by atoms with Crippen LogP contribution in [0.2, 0.25) is 0 Å². The van der Waals surface area contributed by atoms with Gasteiger partial charge in [-0.15, -0.1) is 0 Å². The fourth-order valence-corrected chi connectivity index (χ4v) is 3.15. The molecule has 0 radical (unpaired) electrons. The van der Waals surface area contributed by atoms with Gasteiger partial charge < -0.3 is 10.5 Å². The van der Waals surface area contributed by atoms with Crippen LogP contribution < -0.4 is 10.5 Å². The van der Waals surface area contributed by atoms with Gasteiger partial charge in [-0.1, -0.05) is 12.2 Å². The van der Waals surface area contributed by atoms with E-state index in [0.29, 0.717) is 4.99 Å². The van der Waals surface area contributed by atoms with E-state index in [0.717, 1.165) is 37.0 Å². The summed E-state index contributed by atoms with van der Waals surface area (Å²) < 4.78 is 5.47. The second kappa shape index (κ2) is 6.30. The van der Waals surface area contributed by atoms with Gasteiger partial charge in [-0.3, -0.25) is 9.80 Å². The van der Waals surface area contributed by atoms with E-state index < -0.39 is 0 Å². The number of hydrogen-bond acceptors (Lipinski definition) is 4. The highest BCUT2D eigenvalue weighted by atomic mass is 32.1. The average molecular weight is 305 g/mol. The molecule has 0 spiro atoms. The van der Waals surface area contributed by atoms with Gasteiger partial charge in [0.2, 0.25) is 0 Å². The summed E-state index contributed by atoms with van der Waals surface area (Å²) in [5.41, 5.74) is 7.82. The van der Waals surface area contributed by atoms with Crippen molar-refractivity contribution < 1.29 is 4.74 Å².